The molecule has 1 aromatic rings. The van der Waals surface area contributed by atoms with Crippen LogP contribution >= 0.6 is 15.9 Å². The Hall–Kier alpha value is -1.81. The molecule has 2 fully saturated rings. The highest BCUT2D eigenvalue weighted by Gasteiger charge is 2.44. The quantitative estimate of drug-likeness (QED) is 0.502. The lowest BCUT2D eigenvalue weighted by atomic mass is 9.84. The van der Waals surface area contributed by atoms with Crippen molar-refractivity contribution in [2.45, 2.75) is 116 Å². The first-order valence-electron chi connectivity index (χ1n) is 12.8. The van der Waals surface area contributed by atoms with Gasteiger partial charge < -0.3 is 24.4 Å². The first-order valence-corrected chi connectivity index (χ1v) is 13.6. The SMILES string of the molecule is Cc1c(C2(O)CCN(C(=O)OC(C)(C)C)CC2)c(Br)nn1C1CCN(C(=O)OC(C)(C)C)C(C)(C)C1. The van der Waals surface area contributed by atoms with Gasteiger partial charge in [0, 0.05) is 36.4 Å². The zero-order valence-corrected chi connectivity index (χ0v) is 24.9. The van der Waals surface area contributed by atoms with Gasteiger partial charge in [-0.2, -0.15) is 5.10 Å². The summed E-state index contributed by atoms with van der Waals surface area (Å²) in [5.74, 6) is 0. The van der Waals surface area contributed by atoms with Gasteiger partial charge >= 0.3 is 12.2 Å². The van der Waals surface area contributed by atoms with Gasteiger partial charge in [0.1, 0.15) is 15.8 Å². The summed E-state index contributed by atoms with van der Waals surface area (Å²) in [5.41, 5.74) is -0.923. The highest BCUT2D eigenvalue weighted by Crippen LogP contribution is 2.42. The Labute approximate surface area is 223 Å². The van der Waals surface area contributed by atoms with Crippen molar-refractivity contribution in [1.29, 1.82) is 0 Å². The van der Waals surface area contributed by atoms with Crippen molar-refractivity contribution < 1.29 is 24.2 Å². The molecule has 2 aliphatic rings. The lowest BCUT2D eigenvalue weighted by Crippen LogP contribution is -2.54. The van der Waals surface area contributed by atoms with Gasteiger partial charge in [-0.1, -0.05) is 0 Å². The number of hydrogen-bond donors (Lipinski definition) is 1. The molecule has 10 heteroatoms. The van der Waals surface area contributed by atoms with Crippen LogP contribution in [0.1, 0.15) is 98.4 Å². The van der Waals surface area contributed by atoms with Gasteiger partial charge in [-0.3, -0.25) is 4.68 Å². The molecule has 36 heavy (non-hydrogen) atoms. The van der Waals surface area contributed by atoms with Crippen molar-refractivity contribution in [3.05, 3.63) is 15.9 Å². The molecule has 1 atom stereocenters. The number of piperidine rings is 2. The minimum Gasteiger partial charge on any atom is -0.444 e. The van der Waals surface area contributed by atoms with Crippen molar-refractivity contribution in [3.63, 3.8) is 0 Å². The normalized spacial score (nSPS) is 22.4. The number of halogens is 1. The summed E-state index contributed by atoms with van der Waals surface area (Å²) in [4.78, 5) is 28.7. The second-order valence-electron chi connectivity index (χ2n) is 12.8. The molecule has 9 nitrogen and oxygen atoms in total. The first-order chi connectivity index (χ1) is 16.3. The zero-order valence-electron chi connectivity index (χ0n) is 23.3. The molecule has 0 spiro atoms. The van der Waals surface area contributed by atoms with E-state index >= 15 is 0 Å². The van der Waals surface area contributed by atoms with Crippen LogP contribution in [0.4, 0.5) is 9.59 Å². The molecule has 1 aromatic heterocycles. The Morgan fingerprint density at radius 1 is 1.00 bits per heavy atom. The van der Waals surface area contributed by atoms with Crippen LogP contribution in [-0.4, -0.2) is 73.2 Å². The summed E-state index contributed by atoms with van der Waals surface area (Å²) >= 11 is 3.60. The molecule has 0 bridgehead atoms. The summed E-state index contributed by atoms with van der Waals surface area (Å²) in [6, 6.07) is 0.0780. The Morgan fingerprint density at radius 3 is 2.03 bits per heavy atom. The van der Waals surface area contributed by atoms with Gasteiger partial charge in [0.2, 0.25) is 0 Å². The summed E-state index contributed by atoms with van der Waals surface area (Å²) in [7, 11) is 0. The monoisotopic (exact) mass is 570 g/mol. The van der Waals surface area contributed by atoms with Crippen LogP contribution < -0.4 is 0 Å². The van der Waals surface area contributed by atoms with Crippen molar-refractivity contribution in [2.24, 2.45) is 0 Å². The summed E-state index contributed by atoms with van der Waals surface area (Å²) in [6.07, 6.45) is 1.61. The van der Waals surface area contributed by atoms with Crippen LogP contribution in [0.3, 0.4) is 0 Å². The smallest absolute Gasteiger partial charge is 0.410 e. The van der Waals surface area contributed by atoms with Crippen LogP contribution in [0.15, 0.2) is 4.60 Å². The van der Waals surface area contributed by atoms with Crippen LogP contribution in [0.5, 0.6) is 0 Å². The maximum absolute atomic E-state index is 12.8. The summed E-state index contributed by atoms with van der Waals surface area (Å²) < 4.78 is 13.7. The maximum Gasteiger partial charge on any atom is 0.410 e. The molecule has 1 N–H and O–H groups in total. The fourth-order valence-electron chi connectivity index (χ4n) is 5.24. The second-order valence-corrected chi connectivity index (χ2v) is 13.5. The second kappa shape index (κ2) is 9.82. The minimum atomic E-state index is -1.09. The van der Waals surface area contributed by atoms with Crippen molar-refractivity contribution in [3.8, 4) is 0 Å². The largest absolute Gasteiger partial charge is 0.444 e. The Morgan fingerprint density at radius 2 is 1.53 bits per heavy atom. The number of aliphatic hydroxyl groups is 1. The Bertz CT molecular complexity index is 984. The topological polar surface area (TPSA) is 97.1 Å². The van der Waals surface area contributed by atoms with Gasteiger partial charge in [-0.15, -0.1) is 0 Å². The van der Waals surface area contributed by atoms with Crippen molar-refractivity contribution in [1.82, 2.24) is 19.6 Å². The van der Waals surface area contributed by atoms with E-state index in [-0.39, 0.29) is 18.2 Å². The molecule has 1 unspecified atom stereocenters. The lowest BCUT2D eigenvalue weighted by Gasteiger charge is -2.45. The molecule has 0 aromatic carbocycles. The average Bonchev–Trinajstić information content (AvgIpc) is 2.99. The van der Waals surface area contributed by atoms with E-state index in [1.54, 1.807) is 4.90 Å². The molecule has 0 saturated carbocycles. The van der Waals surface area contributed by atoms with Crippen LogP contribution in [0.2, 0.25) is 0 Å². The number of ether oxygens (including phenoxy) is 2. The van der Waals surface area contributed by atoms with E-state index in [2.05, 4.69) is 29.8 Å². The molecular weight excluding hydrogens is 528 g/mol. The number of hydrogen-bond acceptors (Lipinski definition) is 6. The summed E-state index contributed by atoms with van der Waals surface area (Å²) in [5, 5.41) is 16.4. The zero-order chi connectivity index (χ0) is 27.3. The molecule has 0 radical (unpaired) electrons. The van der Waals surface area contributed by atoms with Gasteiger partial charge in [0.15, 0.2) is 0 Å². The third-order valence-corrected chi connectivity index (χ3v) is 7.48. The van der Waals surface area contributed by atoms with Gasteiger partial charge in [-0.05, 0) is 104 Å². The van der Waals surface area contributed by atoms with Gasteiger partial charge in [0.05, 0.1) is 11.6 Å². The highest BCUT2D eigenvalue weighted by molar-refractivity contribution is 9.10. The molecule has 3 heterocycles. The molecule has 2 aliphatic heterocycles. The van der Waals surface area contributed by atoms with Crippen molar-refractivity contribution in [2.75, 3.05) is 19.6 Å². The fraction of sp³-hybridized carbons (Fsp3) is 0.808. The van der Waals surface area contributed by atoms with E-state index in [4.69, 9.17) is 14.6 Å². The highest BCUT2D eigenvalue weighted by atomic mass is 79.9. The molecule has 2 saturated heterocycles. The van der Waals surface area contributed by atoms with E-state index in [0.29, 0.717) is 43.5 Å². The van der Waals surface area contributed by atoms with E-state index in [9.17, 15) is 14.7 Å². The number of carbonyl (C=O) groups excluding carboxylic acids is 2. The minimum absolute atomic E-state index is 0.0780. The Balaban J connectivity index is 1.74. The van der Waals surface area contributed by atoms with Crippen LogP contribution in [0, 0.1) is 6.92 Å². The average molecular weight is 572 g/mol. The van der Waals surface area contributed by atoms with E-state index in [0.717, 1.165) is 17.7 Å². The van der Waals surface area contributed by atoms with E-state index in [1.807, 2.05) is 58.0 Å². The lowest BCUT2D eigenvalue weighted by molar-refractivity contribution is -0.0364. The maximum atomic E-state index is 12.8. The molecule has 2 amide bonds. The van der Waals surface area contributed by atoms with E-state index < -0.39 is 22.3 Å². The van der Waals surface area contributed by atoms with Gasteiger partial charge in [0.25, 0.3) is 0 Å². The first kappa shape index (κ1) is 28.8. The predicted octanol–water partition coefficient (Wildman–Crippen LogP) is 5.52. The molecule has 3 rings (SSSR count). The third kappa shape index (κ3) is 6.36. The van der Waals surface area contributed by atoms with Crippen LogP contribution in [-0.2, 0) is 15.1 Å². The number of carbonyl (C=O) groups is 2. The van der Waals surface area contributed by atoms with Gasteiger partial charge in [-0.25, -0.2) is 9.59 Å². The van der Waals surface area contributed by atoms with Crippen LogP contribution in [0.25, 0.3) is 0 Å². The number of rotatable bonds is 2. The Kier molecular flexibility index (Phi) is 7.84. The molecule has 0 aliphatic carbocycles. The number of likely N-dealkylation sites (tertiary alicyclic amines) is 2. The number of aromatic nitrogens is 2. The molecule has 204 valence electrons. The standard InChI is InChI=1S/C26H43BrN4O5/c1-17-19(26(34)11-14-29(15-12-26)21(32)35-23(2,3)4)20(27)28-31(17)18-10-13-30(25(8,9)16-18)22(33)36-24(5,6)7/h18,34H,10-16H2,1-9H3. The fourth-order valence-corrected chi connectivity index (χ4v) is 6.06. The number of amides is 2. The van der Waals surface area contributed by atoms with Crippen molar-refractivity contribution >= 4 is 28.1 Å². The third-order valence-electron chi connectivity index (χ3n) is 6.93. The summed E-state index contributed by atoms with van der Waals surface area (Å²) in [6.45, 7) is 18.6. The number of nitrogens with zero attached hydrogens (tertiary/aromatic N) is 4. The molecular formula is C26H43BrN4O5. The van der Waals surface area contributed by atoms with E-state index in [1.165, 1.54) is 0 Å². The predicted molar refractivity (Wildman–Crippen MR) is 141 cm³/mol.